The first-order valence-electron chi connectivity index (χ1n) is 6.41. The van der Waals surface area contributed by atoms with Crippen LogP contribution >= 0.6 is 11.6 Å². The first kappa shape index (κ1) is 15.1. The molecule has 0 amide bonds. The van der Waals surface area contributed by atoms with Crippen molar-refractivity contribution >= 4 is 23.6 Å². The molecular formula is C17H15ClO3. The summed E-state index contributed by atoms with van der Waals surface area (Å²) in [7, 11) is 1.34. The van der Waals surface area contributed by atoms with Crippen LogP contribution in [-0.2, 0) is 16.1 Å². The van der Waals surface area contributed by atoms with Gasteiger partial charge in [0.25, 0.3) is 0 Å². The van der Waals surface area contributed by atoms with Gasteiger partial charge in [0.2, 0.25) is 0 Å². The summed E-state index contributed by atoms with van der Waals surface area (Å²) < 4.78 is 10.3. The van der Waals surface area contributed by atoms with E-state index in [-0.39, 0.29) is 0 Å². The topological polar surface area (TPSA) is 35.5 Å². The Balaban J connectivity index is 2.03. The van der Waals surface area contributed by atoms with Crippen molar-refractivity contribution in [2.24, 2.45) is 0 Å². The zero-order chi connectivity index (χ0) is 15.1. The van der Waals surface area contributed by atoms with Crippen LogP contribution in [0.1, 0.15) is 11.1 Å². The number of hydrogen-bond acceptors (Lipinski definition) is 3. The average Bonchev–Trinajstić information content (AvgIpc) is 2.52. The zero-order valence-corrected chi connectivity index (χ0v) is 12.3. The second-order valence-electron chi connectivity index (χ2n) is 4.31. The molecule has 0 aliphatic carbocycles. The monoisotopic (exact) mass is 302 g/mol. The summed E-state index contributed by atoms with van der Waals surface area (Å²) >= 11 is 6.08. The van der Waals surface area contributed by atoms with Gasteiger partial charge in [0, 0.05) is 16.7 Å². The minimum absolute atomic E-state index is 0.391. The molecule has 2 aromatic rings. The van der Waals surface area contributed by atoms with Crippen molar-refractivity contribution in [3.05, 3.63) is 70.8 Å². The molecule has 0 N–H and O–H groups in total. The maximum atomic E-state index is 11.1. The van der Waals surface area contributed by atoms with E-state index in [1.165, 1.54) is 13.2 Å². The second-order valence-corrected chi connectivity index (χ2v) is 4.72. The van der Waals surface area contributed by atoms with Gasteiger partial charge < -0.3 is 9.47 Å². The molecule has 0 saturated heterocycles. The summed E-state index contributed by atoms with van der Waals surface area (Å²) in [6.07, 6.45) is 3.04. The van der Waals surface area contributed by atoms with E-state index >= 15 is 0 Å². The van der Waals surface area contributed by atoms with Crippen LogP contribution in [0.2, 0.25) is 5.02 Å². The van der Waals surface area contributed by atoms with Gasteiger partial charge in [-0.3, -0.25) is 0 Å². The molecule has 0 aromatic heterocycles. The van der Waals surface area contributed by atoms with Gasteiger partial charge in [-0.25, -0.2) is 4.79 Å². The van der Waals surface area contributed by atoms with E-state index in [0.29, 0.717) is 17.4 Å². The van der Waals surface area contributed by atoms with Crippen LogP contribution in [-0.4, -0.2) is 13.1 Å². The fourth-order valence-electron chi connectivity index (χ4n) is 1.72. The number of ether oxygens (including phenoxy) is 2. The van der Waals surface area contributed by atoms with E-state index in [2.05, 4.69) is 4.74 Å². The number of rotatable bonds is 5. The van der Waals surface area contributed by atoms with Crippen molar-refractivity contribution in [3.8, 4) is 5.75 Å². The number of halogens is 1. The van der Waals surface area contributed by atoms with Crippen LogP contribution in [0.5, 0.6) is 5.75 Å². The number of benzene rings is 2. The Morgan fingerprint density at radius 1 is 1.19 bits per heavy atom. The van der Waals surface area contributed by atoms with Gasteiger partial charge in [-0.15, -0.1) is 0 Å². The van der Waals surface area contributed by atoms with E-state index in [9.17, 15) is 4.79 Å². The fourth-order valence-corrected chi connectivity index (χ4v) is 1.91. The van der Waals surface area contributed by atoms with Crippen molar-refractivity contribution in [1.82, 2.24) is 0 Å². The third kappa shape index (κ3) is 4.65. The predicted octanol–water partition coefficient (Wildman–Crippen LogP) is 4.11. The molecule has 0 atom stereocenters. The van der Waals surface area contributed by atoms with E-state index in [1.807, 2.05) is 48.5 Å². The lowest BCUT2D eigenvalue weighted by atomic mass is 10.2. The zero-order valence-electron chi connectivity index (χ0n) is 11.6. The van der Waals surface area contributed by atoms with Crippen molar-refractivity contribution in [1.29, 1.82) is 0 Å². The molecule has 2 aromatic carbocycles. The van der Waals surface area contributed by atoms with Crippen molar-refractivity contribution in [2.45, 2.75) is 6.61 Å². The van der Waals surface area contributed by atoms with E-state index < -0.39 is 5.97 Å². The van der Waals surface area contributed by atoms with Gasteiger partial charge in [-0.2, -0.15) is 0 Å². The van der Waals surface area contributed by atoms with Gasteiger partial charge in [0.05, 0.1) is 7.11 Å². The van der Waals surface area contributed by atoms with Crippen molar-refractivity contribution in [2.75, 3.05) is 7.11 Å². The highest BCUT2D eigenvalue weighted by molar-refractivity contribution is 6.31. The van der Waals surface area contributed by atoms with E-state index in [0.717, 1.165) is 11.1 Å². The number of hydrogen-bond donors (Lipinski definition) is 0. The minimum Gasteiger partial charge on any atom is -0.489 e. The SMILES string of the molecule is COC(=O)/C=C/c1cccc(OCc2ccccc2Cl)c1. The fraction of sp³-hybridized carbons (Fsp3) is 0.118. The molecule has 0 aliphatic rings. The van der Waals surface area contributed by atoms with Crippen LogP contribution in [0, 0.1) is 0 Å². The Labute approximate surface area is 128 Å². The molecule has 0 radical (unpaired) electrons. The predicted molar refractivity (Wildman–Crippen MR) is 83.3 cm³/mol. The van der Waals surface area contributed by atoms with Crippen molar-refractivity contribution in [3.63, 3.8) is 0 Å². The normalized spacial score (nSPS) is 10.6. The molecule has 0 aliphatic heterocycles. The summed E-state index contributed by atoms with van der Waals surface area (Å²) in [4.78, 5) is 11.1. The van der Waals surface area contributed by atoms with Crippen LogP contribution < -0.4 is 4.74 Å². The summed E-state index contributed by atoms with van der Waals surface area (Å²) in [5, 5.41) is 0.680. The number of carbonyl (C=O) groups is 1. The van der Waals surface area contributed by atoms with E-state index in [4.69, 9.17) is 16.3 Å². The Hall–Kier alpha value is -2.26. The van der Waals surface area contributed by atoms with Crippen LogP contribution in [0.3, 0.4) is 0 Å². The van der Waals surface area contributed by atoms with Gasteiger partial charge in [0.15, 0.2) is 0 Å². The lowest BCUT2D eigenvalue weighted by molar-refractivity contribution is -0.134. The highest BCUT2D eigenvalue weighted by atomic mass is 35.5. The quantitative estimate of drug-likeness (QED) is 0.616. The maximum absolute atomic E-state index is 11.1. The molecule has 3 nitrogen and oxygen atoms in total. The third-order valence-corrected chi connectivity index (χ3v) is 3.19. The lowest BCUT2D eigenvalue weighted by Gasteiger charge is -2.08. The Morgan fingerprint density at radius 3 is 2.76 bits per heavy atom. The van der Waals surface area contributed by atoms with Gasteiger partial charge >= 0.3 is 5.97 Å². The van der Waals surface area contributed by atoms with Gasteiger partial charge in [0.1, 0.15) is 12.4 Å². The van der Waals surface area contributed by atoms with Gasteiger partial charge in [-0.1, -0.05) is 41.9 Å². The van der Waals surface area contributed by atoms with Crippen molar-refractivity contribution < 1.29 is 14.3 Å². The summed E-state index contributed by atoms with van der Waals surface area (Å²) in [6, 6.07) is 15.0. The summed E-state index contributed by atoms with van der Waals surface area (Å²) in [5.74, 6) is 0.319. The first-order chi connectivity index (χ1) is 10.2. The first-order valence-corrected chi connectivity index (χ1v) is 6.79. The maximum Gasteiger partial charge on any atom is 0.330 e. The molecular weight excluding hydrogens is 288 g/mol. The second kappa shape index (κ2) is 7.50. The summed E-state index contributed by atoms with van der Waals surface area (Å²) in [6.45, 7) is 0.393. The molecule has 0 spiro atoms. The lowest BCUT2D eigenvalue weighted by Crippen LogP contribution is -1.96. The molecule has 0 unspecified atom stereocenters. The van der Waals surface area contributed by atoms with Crippen LogP contribution in [0.15, 0.2) is 54.6 Å². The number of esters is 1. The van der Waals surface area contributed by atoms with Gasteiger partial charge in [-0.05, 0) is 29.8 Å². The molecule has 2 rings (SSSR count). The summed E-state index contributed by atoms with van der Waals surface area (Å²) in [5.41, 5.74) is 1.78. The molecule has 21 heavy (non-hydrogen) atoms. The average molecular weight is 303 g/mol. The number of methoxy groups -OCH3 is 1. The standard InChI is InChI=1S/C17H15ClO3/c1-20-17(19)10-9-13-5-4-7-15(11-13)21-12-14-6-2-3-8-16(14)18/h2-11H,12H2,1H3/b10-9+. The number of carbonyl (C=O) groups excluding carboxylic acids is 1. The molecule has 0 bridgehead atoms. The van der Waals surface area contributed by atoms with Crippen LogP contribution in [0.4, 0.5) is 0 Å². The molecule has 0 heterocycles. The Kier molecular flexibility index (Phi) is 5.41. The molecule has 4 heteroatoms. The largest absolute Gasteiger partial charge is 0.489 e. The highest BCUT2D eigenvalue weighted by Gasteiger charge is 2.01. The minimum atomic E-state index is -0.391. The highest BCUT2D eigenvalue weighted by Crippen LogP contribution is 2.19. The van der Waals surface area contributed by atoms with E-state index in [1.54, 1.807) is 6.08 Å². The van der Waals surface area contributed by atoms with Crippen LogP contribution in [0.25, 0.3) is 6.08 Å². The Morgan fingerprint density at radius 2 is 2.00 bits per heavy atom. The Bertz CT molecular complexity index is 650. The molecule has 108 valence electrons. The molecule has 0 saturated carbocycles. The third-order valence-electron chi connectivity index (χ3n) is 2.82. The molecule has 0 fully saturated rings. The smallest absolute Gasteiger partial charge is 0.330 e.